The molecule has 3 N–H and O–H groups in total. The van der Waals surface area contributed by atoms with E-state index in [4.69, 9.17) is 28.3 Å². The molecule has 2 rings (SSSR count). The predicted octanol–water partition coefficient (Wildman–Crippen LogP) is 1.50. The van der Waals surface area contributed by atoms with Gasteiger partial charge in [0.2, 0.25) is 15.9 Å². The monoisotopic (exact) mass is 336 g/mol. The molecule has 1 aromatic rings. The molecule has 110 valence electrons. The summed E-state index contributed by atoms with van der Waals surface area (Å²) in [4.78, 5) is 11.8. The highest BCUT2D eigenvalue weighted by Crippen LogP contribution is 2.48. The lowest BCUT2D eigenvalue weighted by atomic mass is 10.1. The Bertz CT molecular complexity index is 634. The minimum absolute atomic E-state index is 0.0300. The fraction of sp³-hybridized carbons (Fsp3) is 0.417. The fourth-order valence-corrected chi connectivity index (χ4v) is 2.74. The Kier molecular flexibility index (Phi) is 4.59. The molecule has 2 atom stereocenters. The highest BCUT2D eigenvalue weighted by Gasteiger charge is 2.43. The Morgan fingerprint density at radius 1 is 1.35 bits per heavy atom. The van der Waals surface area contributed by atoms with Gasteiger partial charge in [-0.3, -0.25) is 4.79 Å². The van der Waals surface area contributed by atoms with E-state index in [-0.39, 0.29) is 30.0 Å². The summed E-state index contributed by atoms with van der Waals surface area (Å²) in [5.41, 5.74) is 0.964. The molecule has 0 spiro atoms. The van der Waals surface area contributed by atoms with Crippen molar-refractivity contribution in [1.29, 1.82) is 0 Å². The third-order valence-corrected chi connectivity index (χ3v) is 4.70. The fourth-order valence-electron chi connectivity index (χ4n) is 2.04. The maximum absolute atomic E-state index is 11.8. The van der Waals surface area contributed by atoms with Gasteiger partial charge in [-0.25, -0.2) is 13.6 Å². The summed E-state index contributed by atoms with van der Waals surface area (Å²) in [5.74, 6) is -0.459. The first kappa shape index (κ1) is 15.6. The number of rotatable bonds is 5. The normalized spacial score (nSPS) is 21.6. The topological polar surface area (TPSA) is 89.3 Å². The number of nitrogens with one attached hydrogen (secondary N) is 1. The molecule has 0 bridgehead atoms. The Balaban J connectivity index is 1.88. The third kappa shape index (κ3) is 4.09. The van der Waals surface area contributed by atoms with Gasteiger partial charge in [-0.1, -0.05) is 29.3 Å². The lowest BCUT2D eigenvalue weighted by Crippen LogP contribution is -2.32. The highest BCUT2D eigenvalue weighted by atomic mass is 35.5. The van der Waals surface area contributed by atoms with E-state index in [0.717, 1.165) is 12.0 Å². The number of sulfonamides is 1. The molecule has 0 aliphatic heterocycles. The molecule has 0 unspecified atom stereocenters. The number of hydrogen-bond acceptors (Lipinski definition) is 3. The zero-order valence-corrected chi connectivity index (χ0v) is 12.8. The van der Waals surface area contributed by atoms with Crippen LogP contribution in [0.4, 0.5) is 0 Å². The largest absolute Gasteiger partial charge is 0.355 e. The van der Waals surface area contributed by atoms with Gasteiger partial charge in [0, 0.05) is 12.5 Å². The summed E-state index contributed by atoms with van der Waals surface area (Å²) in [6, 6.07) is 5.30. The quantitative estimate of drug-likeness (QED) is 0.853. The molecule has 1 aromatic carbocycles. The second-order valence-corrected chi connectivity index (χ2v) is 7.33. The lowest BCUT2D eigenvalue weighted by Gasteiger charge is -2.05. The molecule has 5 nitrogen and oxygen atoms in total. The van der Waals surface area contributed by atoms with Crippen molar-refractivity contribution >= 4 is 39.1 Å². The lowest BCUT2D eigenvalue weighted by molar-refractivity contribution is -0.122. The van der Waals surface area contributed by atoms with E-state index in [1.165, 1.54) is 0 Å². The van der Waals surface area contributed by atoms with Crippen LogP contribution >= 0.6 is 23.2 Å². The van der Waals surface area contributed by atoms with Crippen LogP contribution in [0.1, 0.15) is 17.9 Å². The van der Waals surface area contributed by atoms with Crippen LogP contribution < -0.4 is 10.5 Å². The van der Waals surface area contributed by atoms with Crippen LogP contribution in [-0.4, -0.2) is 26.6 Å². The first-order valence-corrected chi connectivity index (χ1v) is 8.48. The summed E-state index contributed by atoms with van der Waals surface area (Å²) >= 11 is 11.8. The molecular formula is C12H14Cl2N2O3S. The van der Waals surface area contributed by atoms with Gasteiger partial charge >= 0.3 is 0 Å². The zero-order chi connectivity index (χ0) is 14.9. The van der Waals surface area contributed by atoms with E-state index in [1.807, 2.05) is 6.07 Å². The van der Waals surface area contributed by atoms with E-state index in [1.54, 1.807) is 12.1 Å². The summed E-state index contributed by atoms with van der Waals surface area (Å²) in [7, 11) is -3.55. The maximum Gasteiger partial charge on any atom is 0.223 e. The van der Waals surface area contributed by atoms with Crippen LogP contribution in [-0.2, 0) is 14.8 Å². The predicted molar refractivity (Wildman–Crippen MR) is 78.3 cm³/mol. The van der Waals surface area contributed by atoms with E-state index in [2.05, 4.69) is 5.32 Å². The van der Waals surface area contributed by atoms with E-state index in [9.17, 15) is 13.2 Å². The first-order valence-electron chi connectivity index (χ1n) is 6.01. The van der Waals surface area contributed by atoms with Crippen molar-refractivity contribution in [3.63, 3.8) is 0 Å². The Labute approximate surface area is 127 Å². The van der Waals surface area contributed by atoms with Crippen molar-refractivity contribution in [2.45, 2.75) is 12.3 Å². The van der Waals surface area contributed by atoms with Gasteiger partial charge in [0.05, 0.1) is 15.8 Å². The summed E-state index contributed by atoms with van der Waals surface area (Å²) in [6.45, 7) is 0.0300. The van der Waals surface area contributed by atoms with Crippen molar-refractivity contribution in [3.8, 4) is 0 Å². The van der Waals surface area contributed by atoms with Crippen LogP contribution in [0.15, 0.2) is 18.2 Å². The molecule has 20 heavy (non-hydrogen) atoms. The van der Waals surface area contributed by atoms with Crippen LogP contribution in [0.5, 0.6) is 0 Å². The summed E-state index contributed by atoms with van der Waals surface area (Å²) < 4.78 is 21.5. The molecular weight excluding hydrogens is 323 g/mol. The molecule has 0 heterocycles. The Hall–Kier alpha value is -0.820. The minimum Gasteiger partial charge on any atom is -0.355 e. The average molecular weight is 337 g/mol. The SMILES string of the molecule is NS(=O)(=O)CCNC(=O)[C@H]1C[C@@H]1c1ccc(Cl)c(Cl)c1. The van der Waals surface area contributed by atoms with Crippen LogP contribution in [0.3, 0.4) is 0 Å². The van der Waals surface area contributed by atoms with Gasteiger partial charge in [-0.15, -0.1) is 0 Å². The van der Waals surface area contributed by atoms with Crippen LogP contribution in [0, 0.1) is 5.92 Å². The number of benzene rings is 1. The van der Waals surface area contributed by atoms with Crippen LogP contribution in [0.25, 0.3) is 0 Å². The molecule has 8 heteroatoms. The zero-order valence-electron chi connectivity index (χ0n) is 10.5. The summed E-state index contributed by atoms with van der Waals surface area (Å²) in [5, 5.41) is 8.37. The Morgan fingerprint density at radius 2 is 2.05 bits per heavy atom. The van der Waals surface area contributed by atoms with Crippen molar-refractivity contribution in [2.24, 2.45) is 11.1 Å². The number of halogens is 2. The molecule has 1 aliphatic rings. The number of nitrogens with two attached hydrogens (primary N) is 1. The smallest absolute Gasteiger partial charge is 0.223 e. The second-order valence-electron chi connectivity index (χ2n) is 4.78. The van der Waals surface area contributed by atoms with Gasteiger partial charge in [-0.2, -0.15) is 0 Å². The second kappa shape index (κ2) is 5.89. The third-order valence-electron chi connectivity index (χ3n) is 3.18. The molecule has 1 saturated carbocycles. The average Bonchev–Trinajstić information content (AvgIpc) is 3.11. The number of amides is 1. The van der Waals surface area contributed by atoms with Crippen molar-refractivity contribution < 1.29 is 13.2 Å². The summed E-state index contributed by atoms with van der Waals surface area (Å²) in [6.07, 6.45) is 0.721. The molecule has 1 amide bonds. The van der Waals surface area contributed by atoms with Gasteiger partial charge in [0.1, 0.15) is 0 Å². The van der Waals surface area contributed by atoms with Crippen molar-refractivity contribution in [3.05, 3.63) is 33.8 Å². The molecule has 1 fully saturated rings. The van der Waals surface area contributed by atoms with Gasteiger partial charge < -0.3 is 5.32 Å². The van der Waals surface area contributed by atoms with Crippen molar-refractivity contribution in [1.82, 2.24) is 5.32 Å². The maximum atomic E-state index is 11.8. The first-order chi connectivity index (χ1) is 9.28. The number of primary sulfonamides is 1. The van der Waals surface area contributed by atoms with E-state index in [0.29, 0.717) is 10.0 Å². The van der Waals surface area contributed by atoms with Gasteiger partial charge in [0.25, 0.3) is 0 Å². The number of carbonyl (C=O) groups excluding carboxylic acids is 1. The van der Waals surface area contributed by atoms with Crippen molar-refractivity contribution in [2.75, 3.05) is 12.3 Å². The van der Waals surface area contributed by atoms with Gasteiger partial charge in [-0.05, 0) is 30.0 Å². The van der Waals surface area contributed by atoms with Gasteiger partial charge in [0.15, 0.2) is 0 Å². The van der Waals surface area contributed by atoms with E-state index >= 15 is 0 Å². The standard InChI is InChI=1S/C12H14Cl2N2O3S/c13-10-2-1-7(5-11(10)14)8-6-9(8)12(17)16-3-4-20(15,18)19/h1-2,5,8-9H,3-4,6H2,(H,16,17)(H2,15,18,19)/t8-,9+/m1/s1. The highest BCUT2D eigenvalue weighted by molar-refractivity contribution is 7.89. The molecule has 1 aliphatic carbocycles. The number of hydrogen-bond donors (Lipinski definition) is 2. The Morgan fingerprint density at radius 3 is 2.65 bits per heavy atom. The molecule has 0 saturated heterocycles. The molecule has 0 aromatic heterocycles. The minimum atomic E-state index is -3.55. The number of carbonyl (C=O) groups is 1. The van der Waals surface area contributed by atoms with Crippen LogP contribution in [0.2, 0.25) is 10.0 Å². The van der Waals surface area contributed by atoms with E-state index < -0.39 is 10.0 Å². The molecule has 0 radical (unpaired) electrons.